The predicted molar refractivity (Wildman–Crippen MR) is 158 cm³/mol. The maximum atomic E-state index is 13.3. The topological polar surface area (TPSA) is 107 Å². The van der Waals surface area contributed by atoms with E-state index in [0.717, 1.165) is 28.8 Å². The monoisotopic (exact) mass is 590 g/mol. The van der Waals surface area contributed by atoms with E-state index in [1.54, 1.807) is 23.2 Å². The quantitative estimate of drug-likeness (QED) is 0.313. The molecule has 0 aromatic heterocycles. The third-order valence-corrected chi connectivity index (χ3v) is 7.17. The van der Waals surface area contributed by atoms with Crippen molar-refractivity contribution in [2.75, 3.05) is 17.2 Å². The first kappa shape index (κ1) is 29.4. The highest BCUT2D eigenvalue weighted by molar-refractivity contribution is 6.13. The van der Waals surface area contributed by atoms with Gasteiger partial charge in [-0.25, -0.2) is 4.99 Å². The Kier molecular flexibility index (Phi) is 8.20. The van der Waals surface area contributed by atoms with Gasteiger partial charge in [0.25, 0.3) is 5.91 Å². The predicted octanol–water partition coefficient (Wildman–Crippen LogP) is 6.00. The van der Waals surface area contributed by atoms with Gasteiger partial charge in [-0.2, -0.15) is 5.10 Å². The summed E-state index contributed by atoms with van der Waals surface area (Å²) >= 11 is 0. The minimum atomic E-state index is -4.87. The van der Waals surface area contributed by atoms with Crippen LogP contribution in [0.4, 0.5) is 24.5 Å². The summed E-state index contributed by atoms with van der Waals surface area (Å²) in [6.45, 7) is 6.05. The molecule has 3 aromatic carbocycles. The number of carbonyl (C=O) groups excluding carboxylic acids is 2. The van der Waals surface area contributed by atoms with Gasteiger partial charge in [0, 0.05) is 16.9 Å². The SMILES string of the molecule is CC1=C2C(Nc3cc(NC(=O)c4cccc(OC(F)(F)F)c4)ccc3C)=NC=NN2CC1C(=O)N[C@@H](C)c1ccccc1. The normalized spacial score (nSPS) is 16.7. The van der Waals surface area contributed by atoms with Gasteiger partial charge in [0.1, 0.15) is 17.8 Å². The van der Waals surface area contributed by atoms with Crippen LogP contribution in [0.3, 0.4) is 0 Å². The van der Waals surface area contributed by atoms with Crippen molar-refractivity contribution in [3.63, 3.8) is 0 Å². The fourth-order valence-electron chi connectivity index (χ4n) is 4.90. The number of hydrogen-bond acceptors (Lipinski definition) is 7. The Morgan fingerprint density at radius 3 is 2.53 bits per heavy atom. The van der Waals surface area contributed by atoms with E-state index in [9.17, 15) is 22.8 Å². The van der Waals surface area contributed by atoms with Crippen molar-refractivity contribution in [2.24, 2.45) is 16.0 Å². The zero-order chi connectivity index (χ0) is 30.7. The molecule has 3 N–H and O–H groups in total. The fraction of sp³-hybridized carbons (Fsp3) is 0.226. The Labute approximate surface area is 246 Å². The van der Waals surface area contributed by atoms with Gasteiger partial charge < -0.3 is 20.7 Å². The van der Waals surface area contributed by atoms with E-state index in [0.29, 0.717) is 29.5 Å². The summed E-state index contributed by atoms with van der Waals surface area (Å²) < 4.78 is 41.7. The molecule has 2 atom stereocenters. The minimum absolute atomic E-state index is 0.00187. The van der Waals surface area contributed by atoms with Crippen LogP contribution in [0.5, 0.6) is 5.75 Å². The Morgan fingerprint density at radius 1 is 1.02 bits per heavy atom. The molecule has 0 radical (unpaired) electrons. The Balaban J connectivity index is 1.31. The van der Waals surface area contributed by atoms with Crippen LogP contribution in [0.25, 0.3) is 0 Å². The van der Waals surface area contributed by atoms with E-state index < -0.39 is 23.9 Å². The average Bonchev–Trinajstić information content (AvgIpc) is 3.31. The summed E-state index contributed by atoms with van der Waals surface area (Å²) in [5, 5.41) is 15.2. The van der Waals surface area contributed by atoms with Crippen LogP contribution >= 0.6 is 0 Å². The van der Waals surface area contributed by atoms with Crippen LogP contribution in [0.15, 0.2) is 94.2 Å². The van der Waals surface area contributed by atoms with Crippen molar-refractivity contribution in [1.29, 1.82) is 0 Å². The maximum absolute atomic E-state index is 13.3. The van der Waals surface area contributed by atoms with Gasteiger partial charge >= 0.3 is 6.36 Å². The standard InChI is InChI=1S/C31H29F3N6O3/c1-18-12-13-23(38-29(41)22-10-7-11-24(14-22)43-31(32,33)34)15-26(18)39-28-27-19(2)25(16-40(27)36-17-35-28)30(42)37-20(3)21-8-5-4-6-9-21/h4-15,17,20,25H,16H2,1-3H3,(H,37,42)(H,38,41)(H,35,36,39)/t20-,25?/m0/s1. The number of anilines is 2. The first-order valence-electron chi connectivity index (χ1n) is 13.5. The molecule has 0 saturated heterocycles. The Hall–Kier alpha value is -5.13. The highest BCUT2D eigenvalue weighted by Gasteiger charge is 2.37. The number of halogens is 3. The van der Waals surface area contributed by atoms with E-state index in [1.165, 1.54) is 18.5 Å². The number of alkyl halides is 3. The number of fused-ring (bicyclic) bond motifs is 1. The summed E-state index contributed by atoms with van der Waals surface area (Å²) in [7, 11) is 0. The van der Waals surface area contributed by atoms with Crippen LogP contribution in [-0.2, 0) is 4.79 Å². The van der Waals surface area contributed by atoms with Crippen molar-refractivity contribution in [3.05, 3.63) is 101 Å². The number of benzene rings is 3. The first-order valence-corrected chi connectivity index (χ1v) is 13.5. The van der Waals surface area contributed by atoms with Gasteiger partial charge in [-0.05, 0) is 67.8 Å². The van der Waals surface area contributed by atoms with Crippen molar-refractivity contribution < 1.29 is 27.5 Å². The lowest BCUT2D eigenvalue weighted by Crippen LogP contribution is -2.35. The molecule has 2 aliphatic rings. The van der Waals surface area contributed by atoms with E-state index in [2.05, 4.69) is 30.8 Å². The van der Waals surface area contributed by atoms with Crippen molar-refractivity contribution in [2.45, 2.75) is 33.2 Å². The molecule has 222 valence electrons. The van der Waals surface area contributed by atoms with Crippen LogP contribution in [0.1, 0.15) is 41.4 Å². The zero-order valence-electron chi connectivity index (χ0n) is 23.6. The number of hydrogen-bond donors (Lipinski definition) is 3. The van der Waals surface area contributed by atoms with Gasteiger partial charge in [0.15, 0.2) is 5.84 Å². The molecular weight excluding hydrogens is 561 g/mol. The second kappa shape index (κ2) is 12.0. The van der Waals surface area contributed by atoms with Gasteiger partial charge in [-0.15, -0.1) is 13.2 Å². The van der Waals surface area contributed by atoms with Crippen LogP contribution in [0, 0.1) is 12.8 Å². The molecule has 5 rings (SSSR count). The summed E-state index contributed by atoms with van der Waals surface area (Å²) in [6, 6.07) is 19.5. The summed E-state index contributed by atoms with van der Waals surface area (Å²) in [6.07, 6.45) is -3.46. The molecule has 3 aromatic rings. The van der Waals surface area contributed by atoms with Gasteiger partial charge in [-0.3, -0.25) is 14.6 Å². The van der Waals surface area contributed by atoms with Gasteiger partial charge in [-0.1, -0.05) is 42.5 Å². The lowest BCUT2D eigenvalue weighted by Gasteiger charge is -2.23. The highest BCUT2D eigenvalue weighted by atomic mass is 19.4. The minimum Gasteiger partial charge on any atom is -0.406 e. The molecule has 2 amide bonds. The van der Waals surface area contributed by atoms with E-state index in [-0.39, 0.29) is 17.5 Å². The van der Waals surface area contributed by atoms with E-state index in [1.807, 2.05) is 51.1 Å². The zero-order valence-corrected chi connectivity index (χ0v) is 23.6. The number of amides is 2. The maximum Gasteiger partial charge on any atom is 0.573 e. The molecule has 12 heteroatoms. The molecule has 0 aliphatic carbocycles. The number of aliphatic imine (C=N–C) groups is 1. The van der Waals surface area contributed by atoms with Gasteiger partial charge in [0.05, 0.1) is 18.5 Å². The fourth-order valence-corrected chi connectivity index (χ4v) is 4.90. The summed E-state index contributed by atoms with van der Waals surface area (Å²) in [5.74, 6) is -1.16. The number of ether oxygens (including phenoxy) is 1. The number of carbonyl (C=O) groups is 2. The number of hydrazone groups is 1. The summed E-state index contributed by atoms with van der Waals surface area (Å²) in [4.78, 5) is 30.5. The smallest absolute Gasteiger partial charge is 0.406 e. The first-order chi connectivity index (χ1) is 20.5. The molecule has 0 saturated carbocycles. The van der Waals surface area contributed by atoms with E-state index in [4.69, 9.17) is 0 Å². The van der Waals surface area contributed by atoms with Crippen LogP contribution < -0.4 is 20.7 Å². The number of nitrogens with zero attached hydrogens (tertiary/aromatic N) is 3. The molecule has 2 heterocycles. The Morgan fingerprint density at radius 2 is 1.79 bits per heavy atom. The molecule has 0 bridgehead atoms. The van der Waals surface area contributed by atoms with Crippen molar-refractivity contribution >= 4 is 35.4 Å². The van der Waals surface area contributed by atoms with Crippen molar-refractivity contribution in [1.82, 2.24) is 10.3 Å². The van der Waals surface area contributed by atoms with Crippen LogP contribution in [0.2, 0.25) is 0 Å². The second-order valence-electron chi connectivity index (χ2n) is 10.2. The number of rotatable bonds is 7. The highest BCUT2D eigenvalue weighted by Crippen LogP contribution is 2.33. The molecule has 43 heavy (non-hydrogen) atoms. The average molecular weight is 591 g/mol. The van der Waals surface area contributed by atoms with Gasteiger partial charge in [0.2, 0.25) is 5.91 Å². The third-order valence-electron chi connectivity index (χ3n) is 7.17. The summed E-state index contributed by atoms with van der Waals surface area (Å²) in [5.41, 5.74) is 4.38. The molecule has 0 fully saturated rings. The number of amidine groups is 1. The number of nitrogens with one attached hydrogen (secondary N) is 3. The third kappa shape index (κ3) is 6.85. The Bertz CT molecular complexity index is 1640. The molecule has 0 spiro atoms. The molecule has 2 aliphatic heterocycles. The van der Waals surface area contributed by atoms with E-state index >= 15 is 0 Å². The molecular formula is C31H29F3N6O3. The lowest BCUT2D eigenvalue weighted by molar-refractivity contribution is -0.274. The van der Waals surface area contributed by atoms with Crippen LogP contribution in [-0.4, -0.2) is 41.9 Å². The second-order valence-corrected chi connectivity index (χ2v) is 10.2. The molecule has 1 unspecified atom stereocenters. The molecule has 9 nitrogen and oxygen atoms in total. The largest absolute Gasteiger partial charge is 0.573 e. The van der Waals surface area contributed by atoms with Crippen molar-refractivity contribution in [3.8, 4) is 5.75 Å². The number of aryl methyl sites for hydroxylation is 1. The lowest BCUT2D eigenvalue weighted by atomic mass is 10.00.